The number of pyridine rings is 1. The van der Waals surface area contributed by atoms with E-state index in [1.54, 1.807) is 6.20 Å². The Hall–Kier alpha value is -2.95. The van der Waals surface area contributed by atoms with E-state index in [0.717, 1.165) is 42.2 Å². The minimum absolute atomic E-state index is 0.0613. The second kappa shape index (κ2) is 7.35. The van der Waals surface area contributed by atoms with Crippen LogP contribution in [-0.4, -0.2) is 38.4 Å². The van der Waals surface area contributed by atoms with Gasteiger partial charge in [0.1, 0.15) is 5.82 Å². The number of amides is 1. The SMILES string of the molecule is Cc1ccc(C(=O)N2CCCC(n3c(C)cnc3-c3ccccc3)C2)cn1. The van der Waals surface area contributed by atoms with Crippen LogP contribution in [0.4, 0.5) is 0 Å². The minimum atomic E-state index is 0.0613. The Morgan fingerprint density at radius 2 is 1.85 bits per heavy atom. The summed E-state index contributed by atoms with van der Waals surface area (Å²) in [6, 6.07) is 14.2. The molecule has 5 heteroatoms. The Labute approximate surface area is 159 Å². The van der Waals surface area contributed by atoms with E-state index >= 15 is 0 Å². The van der Waals surface area contributed by atoms with Crippen LogP contribution in [0.5, 0.6) is 0 Å². The number of benzene rings is 1. The first-order valence-electron chi connectivity index (χ1n) is 9.44. The van der Waals surface area contributed by atoms with Gasteiger partial charge in [0, 0.05) is 42.4 Å². The molecule has 2 aromatic heterocycles. The summed E-state index contributed by atoms with van der Waals surface area (Å²) in [5.74, 6) is 1.04. The van der Waals surface area contributed by atoms with Crippen LogP contribution < -0.4 is 0 Å². The number of aromatic nitrogens is 3. The van der Waals surface area contributed by atoms with Crippen LogP contribution in [0.2, 0.25) is 0 Å². The molecule has 0 aliphatic carbocycles. The van der Waals surface area contributed by atoms with Crippen molar-refractivity contribution in [3.05, 3.63) is 71.8 Å². The summed E-state index contributed by atoms with van der Waals surface area (Å²) in [5, 5.41) is 0. The standard InChI is InChI=1S/C22H24N4O/c1-16-10-11-19(14-23-16)22(27)25-12-6-9-20(15-25)26-17(2)13-24-21(26)18-7-4-3-5-8-18/h3-5,7-8,10-11,13-14,20H,6,9,12,15H2,1-2H3. The molecule has 0 N–H and O–H groups in total. The van der Waals surface area contributed by atoms with Crippen LogP contribution in [0.3, 0.4) is 0 Å². The molecular weight excluding hydrogens is 336 g/mol. The second-order valence-corrected chi connectivity index (χ2v) is 7.19. The van der Waals surface area contributed by atoms with E-state index in [1.807, 2.05) is 48.4 Å². The highest BCUT2D eigenvalue weighted by Gasteiger charge is 2.28. The Kier molecular flexibility index (Phi) is 4.75. The molecule has 1 atom stereocenters. The number of hydrogen-bond acceptors (Lipinski definition) is 3. The maximum absolute atomic E-state index is 12.9. The third-order valence-electron chi connectivity index (χ3n) is 5.22. The van der Waals surface area contributed by atoms with Gasteiger partial charge in [-0.15, -0.1) is 0 Å². The summed E-state index contributed by atoms with van der Waals surface area (Å²) < 4.78 is 2.29. The highest BCUT2D eigenvalue weighted by Crippen LogP contribution is 2.29. The number of rotatable bonds is 3. The molecule has 0 spiro atoms. The van der Waals surface area contributed by atoms with E-state index in [0.29, 0.717) is 12.1 Å². The lowest BCUT2D eigenvalue weighted by atomic mass is 10.0. The quantitative estimate of drug-likeness (QED) is 0.708. The summed E-state index contributed by atoms with van der Waals surface area (Å²) in [7, 11) is 0. The molecule has 138 valence electrons. The van der Waals surface area contributed by atoms with Crippen LogP contribution >= 0.6 is 0 Å². The molecule has 1 saturated heterocycles. The fraction of sp³-hybridized carbons (Fsp3) is 0.318. The zero-order valence-electron chi connectivity index (χ0n) is 15.8. The van der Waals surface area contributed by atoms with Crippen LogP contribution in [0, 0.1) is 13.8 Å². The van der Waals surface area contributed by atoms with Crippen LogP contribution in [0.25, 0.3) is 11.4 Å². The summed E-state index contributed by atoms with van der Waals surface area (Å²) in [6.45, 7) is 5.50. The van der Waals surface area contributed by atoms with Gasteiger partial charge < -0.3 is 9.47 Å². The number of aryl methyl sites for hydroxylation is 2. The Morgan fingerprint density at radius 1 is 1.04 bits per heavy atom. The van der Waals surface area contributed by atoms with Gasteiger partial charge >= 0.3 is 0 Å². The minimum Gasteiger partial charge on any atom is -0.337 e. The Morgan fingerprint density at radius 3 is 2.59 bits per heavy atom. The van der Waals surface area contributed by atoms with Crippen molar-refractivity contribution in [2.75, 3.05) is 13.1 Å². The third-order valence-corrected chi connectivity index (χ3v) is 5.22. The van der Waals surface area contributed by atoms with Crippen molar-refractivity contribution in [1.82, 2.24) is 19.4 Å². The topological polar surface area (TPSA) is 51.0 Å². The zero-order valence-corrected chi connectivity index (χ0v) is 15.8. The molecule has 3 heterocycles. The lowest BCUT2D eigenvalue weighted by molar-refractivity contribution is 0.0678. The smallest absolute Gasteiger partial charge is 0.255 e. The van der Waals surface area contributed by atoms with Crippen molar-refractivity contribution in [2.24, 2.45) is 0 Å². The van der Waals surface area contributed by atoms with Crippen LogP contribution in [-0.2, 0) is 0 Å². The maximum Gasteiger partial charge on any atom is 0.255 e. The molecule has 1 aromatic carbocycles. The molecule has 1 aliphatic rings. The molecule has 1 aliphatic heterocycles. The Bertz CT molecular complexity index is 931. The van der Waals surface area contributed by atoms with Crippen LogP contribution in [0.15, 0.2) is 54.9 Å². The molecule has 1 unspecified atom stereocenters. The highest BCUT2D eigenvalue weighted by molar-refractivity contribution is 5.94. The van der Waals surface area contributed by atoms with Crippen molar-refractivity contribution in [3.8, 4) is 11.4 Å². The van der Waals surface area contributed by atoms with Gasteiger partial charge in [0.15, 0.2) is 0 Å². The molecule has 27 heavy (non-hydrogen) atoms. The number of hydrogen-bond donors (Lipinski definition) is 0. The summed E-state index contributed by atoms with van der Waals surface area (Å²) in [4.78, 5) is 23.8. The van der Waals surface area contributed by atoms with Crippen LogP contribution in [0.1, 0.15) is 40.6 Å². The molecule has 5 nitrogen and oxygen atoms in total. The van der Waals surface area contributed by atoms with Crippen molar-refractivity contribution >= 4 is 5.91 Å². The molecule has 0 bridgehead atoms. The summed E-state index contributed by atoms with van der Waals surface area (Å²) >= 11 is 0. The predicted molar refractivity (Wildman–Crippen MR) is 106 cm³/mol. The van der Waals surface area contributed by atoms with Gasteiger partial charge in [0.2, 0.25) is 0 Å². The first kappa shape index (κ1) is 17.5. The Balaban J connectivity index is 1.60. The van der Waals surface area contributed by atoms with Gasteiger partial charge in [-0.25, -0.2) is 4.98 Å². The maximum atomic E-state index is 12.9. The molecule has 1 fully saturated rings. The monoisotopic (exact) mass is 360 g/mol. The lowest BCUT2D eigenvalue weighted by Crippen LogP contribution is -2.41. The van der Waals surface area contributed by atoms with E-state index < -0.39 is 0 Å². The van der Waals surface area contributed by atoms with Gasteiger partial charge in [0.05, 0.1) is 11.6 Å². The van der Waals surface area contributed by atoms with Crippen molar-refractivity contribution in [3.63, 3.8) is 0 Å². The van der Waals surface area contributed by atoms with Gasteiger partial charge in [-0.2, -0.15) is 0 Å². The molecule has 0 saturated carbocycles. The highest BCUT2D eigenvalue weighted by atomic mass is 16.2. The van der Waals surface area contributed by atoms with Crippen molar-refractivity contribution < 1.29 is 4.79 Å². The molecular formula is C22H24N4O. The van der Waals surface area contributed by atoms with Crippen molar-refractivity contribution in [2.45, 2.75) is 32.7 Å². The first-order chi connectivity index (χ1) is 13.1. The average Bonchev–Trinajstić information content (AvgIpc) is 3.10. The summed E-state index contributed by atoms with van der Waals surface area (Å²) in [6.07, 6.45) is 5.64. The number of likely N-dealkylation sites (tertiary alicyclic amines) is 1. The predicted octanol–water partition coefficient (Wildman–Crippen LogP) is 4.04. The fourth-order valence-electron chi connectivity index (χ4n) is 3.83. The number of piperidine rings is 1. The second-order valence-electron chi connectivity index (χ2n) is 7.19. The summed E-state index contributed by atoms with van der Waals surface area (Å²) in [5.41, 5.74) is 3.82. The number of carbonyl (C=O) groups excluding carboxylic acids is 1. The largest absolute Gasteiger partial charge is 0.337 e. The number of carbonyl (C=O) groups is 1. The van der Waals surface area contributed by atoms with E-state index in [4.69, 9.17) is 0 Å². The molecule has 0 radical (unpaired) electrons. The number of imidazole rings is 1. The van der Waals surface area contributed by atoms with E-state index in [1.165, 1.54) is 0 Å². The van der Waals surface area contributed by atoms with Gasteiger partial charge in [-0.1, -0.05) is 30.3 Å². The fourth-order valence-corrected chi connectivity index (χ4v) is 3.83. The lowest BCUT2D eigenvalue weighted by Gasteiger charge is -2.34. The van der Waals surface area contributed by atoms with Gasteiger partial charge in [-0.3, -0.25) is 9.78 Å². The van der Waals surface area contributed by atoms with E-state index in [2.05, 4.69) is 33.6 Å². The molecule has 1 amide bonds. The third kappa shape index (κ3) is 3.50. The van der Waals surface area contributed by atoms with Gasteiger partial charge in [0.25, 0.3) is 5.91 Å². The van der Waals surface area contributed by atoms with E-state index in [-0.39, 0.29) is 11.9 Å². The normalized spacial score (nSPS) is 17.1. The van der Waals surface area contributed by atoms with Crippen molar-refractivity contribution in [1.29, 1.82) is 0 Å². The average molecular weight is 360 g/mol. The number of nitrogens with zero attached hydrogens (tertiary/aromatic N) is 4. The first-order valence-corrected chi connectivity index (χ1v) is 9.44. The molecule has 3 aromatic rings. The molecule has 4 rings (SSSR count). The van der Waals surface area contributed by atoms with E-state index in [9.17, 15) is 4.79 Å². The van der Waals surface area contributed by atoms with Gasteiger partial charge in [-0.05, 0) is 38.8 Å². The zero-order chi connectivity index (χ0) is 18.8.